The van der Waals surface area contributed by atoms with Gasteiger partial charge in [-0.25, -0.2) is 0 Å². The number of carboxylic acids is 1. The first-order chi connectivity index (χ1) is 15.1. The van der Waals surface area contributed by atoms with Gasteiger partial charge in [0.1, 0.15) is 18.5 Å². The molecule has 2 aliphatic rings. The van der Waals surface area contributed by atoms with Crippen LogP contribution in [0.3, 0.4) is 0 Å². The number of rotatable bonds is 9. The number of hydrogen-bond donors (Lipinski definition) is 3. The highest BCUT2D eigenvalue weighted by Gasteiger charge is 2.44. The molecule has 2 aliphatic carbocycles. The molecule has 0 amide bonds. The number of fused-ring (bicyclic) bond motifs is 1. The fourth-order valence-electron chi connectivity index (χ4n) is 4.76. The normalized spacial score (nSPS) is 27.7. The van der Waals surface area contributed by atoms with E-state index in [4.69, 9.17) is 9.84 Å². The number of aliphatic hydroxyl groups is 2. The molecule has 176 valence electrons. The van der Waals surface area contributed by atoms with Crippen LogP contribution in [-0.4, -0.2) is 40.1 Å². The van der Waals surface area contributed by atoms with Crippen molar-refractivity contribution in [3.05, 3.63) is 53.6 Å². The first kappa shape index (κ1) is 24.3. The Morgan fingerprint density at radius 2 is 2.06 bits per heavy atom. The largest absolute Gasteiger partial charge is 0.491 e. The van der Waals surface area contributed by atoms with Crippen LogP contribution < -0.4 is 4.74 Å². The van der Waals surface area contributed by atoms with Gasteiger partial charge in [0.2, 0.25) is 0 Å². The standard InChI is InChI=1S/C24H29F3O5/c25-24(26,27)17-5-3-6-19(13-17)32-14-18(28)8-9-20-21-11-15(4-1-2-7-23(30)31)10-16(21)12-22(20)29/h3-6,8-9,13,16,18,20-22,28-29H,1-2,7,10-12,14H2,(H,30,31)/t16-,18+,20-,21+,22-/m1/s1. The summed E-state index contributed by atoms with van der Waals surface area (Å²) in [5.41, 5.74) is 0.484. The van der Waals surface area contributed by atoms with Gasteiger partial charge in [0.05, 0.1) is 11.7 Å². The molecule has 0 unspecified atom stereocenters. The number of hydrogen-bond acceptors (Lipinski definition) is 4. The molecule has 1 aromatic rings. The lowest BCUT2D eigenvalue weighted by Crippen LogP contribution is -2.19. The second-order valence-electron chi connectivity index (χ2n) is 8.65. The number of alkyl halides is 3. The Labute approximate surface area is 185 Å². The van der Waals surface area contributed by atoms with Crippen molar-refractivity contribution in [2.75, 3.05) is 6.61 Å². The number of carbonyl (C=O) groups is 1. The van der Waals surface area contributed by atoms with Gasteiger partial charge in [-0.1, -0.05) is 29.9 Å². The molecule has 32 heavy (non-hydrogen) atoms. The van der Waals surface area contributed by atoms with Crippen LogP contribution in [0, 0.1) is 17.8 Å². The lowest BCUT2D eigenvalue weighted by Gasteiger charge is -2.18. The number of halogens is 3. The van der Waals surface area contributed by atoms with Crippen molar-refractivity contribution < 1.29 is 38.0 Å². The lowest BCUT2D eigenvalue weighted by molar-refractivity contribution is -0.138. The molecule has 3 rings (SSSR count). The third-order valence-corrected chi connectivity index (χ3v) is 6.28. The minimum Gasteiger partial charge on any atom is -0.491 e. The number of unbranched alkanes of at least 4 members (excludes halogenated alkanes) is 1. The van der Waals surface area contributed by atoms with Crippen LogP contribution in [-0.2, 0) is 11.0 Å². The summed E-state index contributed by atoms with van der Waals surface area (Å²) in [6.45, 7) is -0.191. The van der Waals surface area contributed by atoms with E-state index < -0.39 is 29.9 Å². The summed E-state index contributed by atoms with van der Waals surface area (Å²) in [5, 5.41) is 29.3. The fraction of sp³-hybridized carbons (Fsp3) is 0.542. The van der Waals surface area contributed by atoms with Gasteiger partial charge in [-0.3, -0.25) is 4.79 Å². The number of ether oxygens (including phenoxy) is 1. The smallest absolute Gasteiger partial charge is 0.416 e. The topological polar surface area (TPSA) is 87.0 Å². The third kappa shape index (κ3) is 6.59. The van der Waals surface area contributed by atoms with Crippen LogP contribution in [0.5, 0.6) is 5.75 Å². The lowest BCUT2D eigenvalue weighted by atomic mass is 9.90. The molecule has 0 radical (unpaired) electrons. The Morgan fingerprint density at radius 1 is 1.28 bits per heavy atom. The Hall–Kier alpha value is -2.32. The summed E-state index contributed by atoms with van der Waals surface area (Å²) in [6.07, 6.45) is 3.42. The van der Waals surface area contributed by atoms with Crippen LogP contribution in [0.2, 0.25) is 0 Å². The van der Waals surface area contributed by atoms with Crippen molar-refractivity contribution in [2.24, 2.45) is 17.8 Å². The van der Waals surface area contributed by atoms with Gasteiger partial charge in [0, 0.05) is 12.3 Å². The molecule has 2 fully saturated rings. The molecule has 0 spiro atoms. The van der Waals surface area contributed by atoms with E-state index in [2.05, 4.69) is 6.08 Å². The highest BCUT2D eigenvalue weighted by molar-refractivity contribution is 5.66. The van der Waals surface area contributed by atoms with E-state index in [1.165, 1.54) is 17.7 Å². The minimum absolute atomic E-state index is 0.0294. The molecule has 5 atom stereocenters. The summed E-state index contributed by atoms with van der Waals surface area (Å²) < 4.78 is 43.7. The van der Waals surface area contributed by atoms with Gasteiger partial charge >= 0.3 is 12.1 Å². The molecule has 0 aliphatic heterocycles. The van der Waals surface area contributed by atoms with Crippen LogP contribution >= 0.6 is 0 Å². The summed E-state index contributed by atoms with van der Waals surface area (Å²) in [6, 6.07) is 4.50. The number of aliphatic hydroxyl groups excluding tert-OH is 2. The SMILES string of the molecule is O=C(O)CCCC=C1C[C@@H]2C[C@@H](O)[C@H](C=C[C@H](O)COc3cccc(C(F)(F)F)c3)[C@H]2C1. The Bertz CT molecular complexity index is 848. The van der Waals surface area contributed by atoms with Crippen molar-refractivity contribution in [2.45, 2.75) is 56.9 Å². The first-order valence-electron chi connectivity index (χ1n) is 10.9. The predicted octanol–water partition coefficient (Wildman–Crippen LogP) is 4.59. The van der Waals surface area contributed by atoms with Crippen LogP contribution in [0.15, 0.2) is 48.1 Å². The maximum Gasteiger partial charge on any atom is 0.416 e. The van der Waals surface area contributed by atoms with Gasteiger partial charge in [-0.2, -0.15) is 13.2 Å². The quantitative estimate of drug-likeness (QED) is 0.375. The highest BCUT2D eigenvalue weighted by Crippen LogP contribution is 2.50. The monoisotopic (exact) mass is 454 g/mol. The fourth-order valence-corrected chi connectivity index (χ4v) is 4.76. The van der Waals surface area contributed by atoms with E-state index in [9.17, 15) is 28.2 Å². The number of aliphatic carboxylic acids is 1. The number of allylic oxidation sites excluding steroid dienone is 2. The average Bonchev–Trinajstić information content (AvgIpc) is 3.24. The predicted molar refractivity (Wildman–Crippen MR) is 112 cm³/mol. The van der Waals surface area contributed by atoms with E-state index in [-0.39, 0.29) is 30.6 Å². The van der Waals surface area contributed by atoms with Crippen molar-refractivity contribution >= 4 is 5.97 Å². The second kappa shape index (κ2) is 10.5. The van der Waals surface area contributed by atoms with Crippen molar-refractivity contribution in [1.82, 2.24) is 0 Å². The second-order valence-corrected chi connectivity index (χ2v) is 8.65. The van der Waals surface area contributed by atoms with Gasteiger partial charge in [0.15, 0.2) is 0 Å². The van der Waals surface area contributed by atoms with Crippen LogP contribution in [0.25, 0.3) is 0 Å². The molecule has 5 nitrogen and oxygen atoms in total. The number of carboxylic acid groups (broad SMARTS) is 1. The molecule has 0 saturated heterocycles. The Kier molecular flexibility index (Phi) is 8.00. The van der Waals surface area contributed by atoms with Crippen molar-refractivity contribution in [3.63, 3.8) is 0 Å². The summed E-state index contributed by atoms with van der Waals surface area (Å²) in [4.78, 5) is 10.6. The van der Waals surface area contributed by atoms with Crippen LogP contribution in [0.1, 0.15) is 44.1 Å². The van der Waals surface area contributed by atoms with Gasteiger partial charge < -0.3 is 20.1 Å². The number of benzene rings is 1. The molecule has 0 heterocycles. The summed E-state index contributed by atoms with van der Waals surface area (Å²) in [7, 11) is 0. The maximum atomic E-state index is 12.8. The van der Waals surface area contributed by atoms with E-state index in [1.54, 1.807) is 12.2 Å². The highest BCUT2D eigenvalue weighted by atomic mass is 19.4. The van der Waals surface area contributed by atoms with Crippen LogP contribution in [0.4, 0.5) is 13.2 Å². The zero-order valence-electron chi connectivity index (χ0n) is 17.7. The van der Waals surface area contributed by atoms with Gasteiger partial charge in [0.25, 0.3) is 0 Å². The molecular formula is C24H29F3O5. The molecule has 0 aromatic heterocycles. The zero-order chi connectivity index (χ0) is 23.3. The van der Waals surface area contributed by atoms with Gasteiger partial charge in [-0.05, 0) is 62.1 Å². The molecule has 0 bridgehead atoms. The van der Waals surface area contributed by atoms with Crippen molar-refractivity contribution in [1.29, 1.82) is 0 Å². The van der Waals surface area contributed by atoms with E-state index in [0.717, 1.165) is 31.4 Å². The van der Waals surface area contributed by atoms with E-state index >= 15 is 0 Å². The third-order valence-electron chi connectivity index (χ3n) is 6.28. The molecule has 2 saturated carbocycles. The van der Waals surface area contributed by atoms with E-state index in [0.29, 0.717) is 18.8 Å². The maximum absolute atomic E-state index is 12.8. The summed E-state index contributed by atoms with van der Waals surface area (Å²) >= 11 is 0. The molecule has 8 heteroatoms. The minimum atomic E-state index is -4.46. The Balaban J connectivity index is 1.51. The first-order valence-corrected chi connectivity index (χ1v) is 10.9. The molecular weight excluding hydrogens is 425 g/mol. The van der Waals surface area contributed by atoms with E-state index in [1.807, 2.05) is 0 Å². The molecule has 1 aromatic carbocycles. The van der Waals surface area contributed by atoms with Gasteiger partial charge in [-0.15, -0.1) is 0 Å². The summed E-state index contributed by atoms with van der Waals surface area (Å²) in [5.74, 6) is -0.238. The average molecular weight is 454 g/mol. The molecule has 3 N–H and O–H groups in total. The zero-order valence-corrected chi connectivity index (χ0v) is 17.7. The Morgan fingerprint density at radius 3 is 2.78 bits per heavy atom. The van der Waals surface area contributed by atoms with Crippen molar-refractivity contribution in [3.8, 4) is 5.75 Å².